The summed E-state index contributed by atoms with van der Waals surface area (Å²) < 4.78 is 52.6. The third-order valence-corrected chi connectivity index (χ3v) is 3.84. The van der Waals surface area contributed by atoms with E-state index in [-0.39, 0.29) is 12.0 Å². The average molecular weight is 363 g/mol. The van der Waals surface area contributed by atoms with Gasteiger partial charge in [-0.2, -0.15) is 13.2 Å². The minimum absolute atomic E-state index is 0.0135. The third kappa shape index (κ3) is 3.63. The van der Waals surface area contributed by atoms with Crippen LogP contribution in [0.1, 0.15) is 22.8 Å². The van der Waals surface area contributed by atoms with E-state index in [1.807, 2.05) is 0 Å². The van der Waals surface area contributed by atoms with Crippen LogP contribution < -0.4 is 0 Å². The minimum Gasteiger partial charge on any atom is -0.388 e. The van der Waals surface area contributed by atoms with E-state index in [4.69, 9.17) is 0 Å². The van der Waals surface area contributed by atoms with Gasteiger partial charge in [-0.3, -0.25) is 0 Å². The number of aliphatic hydroxyl groups excluding tert-OH is 1. The first-order chi connectivity index (χ1) is 9.80. The molecular formula is C15H11BrF4O. The third-order valence-electron chi connectivity index (χ3n) is 3.06. The first-order valence-electron chi connectivity index (χ1n) is 6.07. The number of aliphatic hydroxyl groups is 1. The zero-order valence-electron chi connectivity index (χ0n) is 10.7. The summed E-state index contributed by atoms with van der Waals surface area (Å²) in [5.41, 5.74) is -1.05. The average Bonchev–Trinajstić information content (AvgIpc) is 2.40. The van der Waals surface area contributed by atoms with Crippen molar-refractivity contribution in [1.29, 1.82) is 0 Å². The largest absolute Gasteiger partial charge is 0.419 e. The number of rotatable bonds is 3. The summed E-state index contributed by atoms with van der Waals surface area (Å²) in [4.78, 5) is 0. The van der Waals surface area contributed by atoms with Crippen LogP contribution in [-0.2, 0) is 12.6 Å². The Kier molecular flexibility index (Phi) is 4.68. The molecule has 2 aromatic rings. The van der Waals surface area contributed by atoms with Crippen molar-refractivity contribution in [3.63, 3.8) is 0 Å². The van der Waals surface area contributed by atoms with Gasteiger partial charge in [0.1, 0.15) is 5.82 Å². The van der Waals surface area contributed by atoms with E-state index in [0.717, 1.165) is 12.1 Å². The van der Waals surface area contributed by atoms with Gasteiger partial charge in [-0.05, 0) is 17.7 Å². The minimum atomic E-state index is -4.78. The molecule has 0 spiro atoms. The van der Waals surface area contributed by atoms with E-state index in [2.05, 4.69) is 15.9 Å². The van der Waals surface area contributed by atoms with Crippen LogP contribution in [0.4, 0.5) is 17.6 Å². The fourth-order valence-electron chi connectivity index (χ4n) is 2.01. The highest BCUT2D eigenvalue weighted by molar-refractivity contribution is 9.10. The van der Waals surface area contributed by atoms with Crippen molar-refractivity contribution in [1.82, 2.24) is 0 Å². The number of halogens is 5. The highest BCUT2D eigenvalue weighted by atomic mass is 79.9. The fraction of sp³-hybridized carbons (Fsp3) is 0.200. The predicted molar refractivity (Wildman–Crippen MR) is 74.2 cm³/mol. The molecular weight excluding hydrogens is 352 g/mol. The molecule has 1 atom stereocenters. The summed E-state index contributed by atoms with van der Waals surface area (Å²) in [5, 5.41) is 10.0. The second kappa shape index (κ2) is 6.15. The van der Waals surface area contributed by atoms with E-state index < -0.39 is 23.7 Å². The van der Waals surface area contributed by atoms with Crippen LogP contribution in [0.2, 0.25) is 0 Å². The topological polar surface area (TPSA) is 20.2 Å². The number of alkyl halides is 3. The Balaban J connectivity index is 2.32. The Labute approximate surface area is 127 Å². The van der Waals surface area contributed by atoms with Crippen molar-refractivity contribution < 1.29 is 22.7 Å². The molecule has 0 aliphatic rings. The lowest BCUT2D eigenvalue weighted by Crippen LogP contribution is -2.12. The summed E-state index contributed by atoms with van der Waals surface area (Å²) in [6, 6.07) is 9.85. The Hall–Kier alpha value is -1.40. The van der Waals surface area contributed by atoms with Crippen LogP contribution in [0, 0.1) is 5.82 Å². The van der Waals surface area contributed by atoms with Gasteiger partial charge in [-0.1, -0.05) is 46.3 Å². The summed E-state index contributed by atoms with van der Waals surface area (Å²) in [6.07, 6.45) is -6.13. The van der Waals surface area contributed by atoms with Gasteiger partial charge in [-0.25, -0.2) is 4.39 Å². The Morgan fingerprint density at radius 1 is 1.05 bits per heavy atom. The van der Waals surface area contributed by atoms with Crippen molar-refractivity contribution in [3.05, 3.63) is 69.4 Å². The number of benzene rings is 2. The molecule has 1 unspecified atom stereocenters. The number of hydrogen-bond acceptors (Lipinski definition) is 1. The molecule has 0 amide bonds. The summed E-state index contributed by atoms with van der Waals surface area (Å²) in [7, 11) is 0. The Morgan fingerprint density at radius 2 is 1.71 bits per heavy atom. The van der Waals surface area contributed by atoms with E-state index in [9.17, 15) is 22.7 Å². The van der Waals surface area contributed by atoms with Crippen molar-refractivity contribution in [3.8, 4) is 0 Å². The van der Waals surface area contributed by atoms with Crippen molar-refractivity contribution >= 4 is 15.9 Å². The lowest BCUT2D eigenvalue weighted by molar-refractivity contribution is -0.140. The van der Waals surface area contributed by atoms with Crippen molar-refractivity contribution in [2.24, 2.45) is 0 Å². The van der Waals surface area contributed by atoms with Crippen molar-refractivity contribution in [2.75, 3.05) is 0 Å². The maximum atomic E-state index is 13.9. The zero-order valence-corrected chi connectivity index (χ0v) is 12.2. The highest BCUT2D eigenvalue weighted by Gasteiger charge is 2.35. The summed E-state index contributed by atoms with van der Waals surface area (Å²) in [5.74, 6) is -1.43. The molecule has 21 heavy (non-hydrogen) atoms. The molecule has 0 heterocycles. The second-order valence-electron chi connectivity index (χ2n) is 4.52. The van der Waals surface area contributed by atoms with Gasteiger partial charge in [0.2, 0.25) is 0 Å². The van der Waals surface area contributed by atoms with E-state index in [0.29, 0.717) is 16.1 Å². The standard InChI is InChI=1S/C15H11BrF4O/c16-12-7-2-1-4-9(12)8-13(21)10-5-3-6-11(14(10)17)15(18,19)20/h1-7,13,21H,8H2. The molecule has 1 nitrogen and oxygen atoms in total. The molecule has 0 aromatic heterocycles. The molecule has 0 aliphatic heterocycles. The molecule has 2 rings (SSSR count). The molecule has 0 radical (unpaired) electrons. The zero-order chi connectivity index (χ0) is 15.6. The first kappa shape index (κ1) is 16.0. The molecule has 0 saturated carbocycles. The molecule has 0 saturated heterocycles. The van der Waals surface area contributed by atoms with Crippen molar-refractivity contribution in [2.45, 2.75) is 18.7 Å². The number of hydrogen-bond donors (Lipinski definition) is 1. The van der Waals surface area contributed by atoms with E-state index in [1.165, 1.54) is 0 Å². The predicted octanol–water partition coefficient (Wildman–Crippen LogP) is 4.88. The maximum Gasteiger partial charge on any atom is 0.419 e. The molecule has 6 heteroatoms. The quantitative estimate of drug-likeness (QED) is 0.771. The van der Waals surface area contributed by atoms with Gasteiger partial charge >= 0.3 is 6.18 Å². The monoisotopic (exact) mass is 362 g/mol. The van der Waals surface area contributed by atoms with Crippen LogP contribution >= 0.6 is 15.9 Å². The van der Waals surface area contributed by atoms with Crippen LogP contribution in [0.15, 0.2) is 46.9 Å². The van der Waals surface area contributed by atoms with Crippen LogP contribution in [0.25, 0.3) is 0 Å². The van der Waals surface area contributed by atoms with E-state index in [1.54, 1.807) is 24.3 Å². The normalized spacial score (nSPS) is 13.2. The van der Waals surface area contributed by atoms with Gasteiger partial charge in [0.15, 0.2) is 0 Å². The SMILES string of the molecule is OC(Cc1ccccc1Br)c1cccc(C(F)(F)F)c1F. The summed E-state index contributed by atoms with van der Waals surface area (Å²) >= 11 is 3.28. The second-order valence-corrected chi connectivity index (χ2v) is 5.37. The summed E-state index contributed by atoms with van der Waals surface area (Å²) in [6.45, 7) is 0. The van der Waals surface area contributed by atoms with Crippen LogP contribution in [0.5, 0.6) is 0 Å². The van der Waals surface area contributed by atoms with Gasteiger partial charge < -0.3 is 5.11 Å². The molecule has 0 fully saturated rings. The molecule has 2 aromatic carbocycles. The van der Waals surface area contributed by atoms with Crippen LogP contribution in [0.3, 0.4) is 0 Å². The molecule has 0 bridgehead atoms. The van der Waals surface area contributed by atoms with Crippen LogP contribution in [-0.4, -0.2) is 5.11 Å². The van der Waals surface area contributed by atoms with Gasteiger partial charge in [0, 0.05) is 16.5 Å². The van der Waals surface area contributed by atoms with E-state index >= 15 is 0 Å². The Bertz CT molecular complexity index is 640. The Morgan fingerprint density at radius 3 is 2.33 bits per heavy atom. The lowest BCUT2D eigenvalue weighted by Gasteiger charge is -2.16. The highest BCUT2D eigenvalue weighted by Crippen LogP contribution is 2.34. The lowest BCUT2D eigenvalue weighted by atomic mass is 9.99. The molecule has 1 N–H and O–H groups in total. The van der Waals surface area contributed by atoms with Gasteiger partial charge in [0.25, 0.3) is 0 Å². The molecule has 112 valence electrons. The smallest absolute Gasteiger partial charge is 0.388 e. The fourth-order valence-corrected chi connectivity index (χ4v) is 2.45. The van der Waals surface area contributed by atoms with Gasteiger partial charge in [0.05, 0.1) is 11.7 Å². The van der Waals surface area contributed by atoms with Gasteiger partial charge in [-0.15, -0.1) is 0 Å². The first-order valence-corrected chi connectivity index (χ1v) is 6.87. The maximum absolute atomic E-state index is 13.9. The molecule has 0 aliphatic carbocycles.